The number of aryl methyl sites for hydroxylation is 1. The van der Waals surface area contributed by atoms with E-state index in [1.165, 1.54) is 0 Å². The summed E-state index contributed by atoms with van der Waals surface area (Å²) in [5.41, 5.74) is 3.24. The van der Waals surface area contributed by atoms with Crippen LogP contribution in [0.15, 0.2) is 30.3 Å². The van der Waals surface area contributed by atoms with Crippen molar-refractivity contribution in [3.63, 3.8) is 0 Å². The van der Waals surface area contributed by atoms with E-state index in [-0.39, 0.29) is 17.7 Å². The molecule has 0 spiro atoms. The molecule has 0 radical (unpaired) electrons. The molecule has 0 aliphatic carbocycles. The maximum atomic E-state index is 12.8. The normalized spacial score (nSPS) is 16.7. The fourth-order valence-corrected chi connectivity index (χ4v) is 4.07. The van der Waals surface area contributed by atoms with Gasteiger partial charge in [0.25, 0.3) is 5.91 Å². The summed E-state index contributed by atoms with van der Waals surface area (Å²) in [6.45, 7) is 6.50. The molecule has 152 valence electrons. The predicted molar refractivity (Wildman–Crippen MR) is 109 cm³/mol. The van der Waals surface area contributed by atoms with Crippen molar-refractivity contribution in [2.75, 3.05) is 26.7 Å². The highest BCUT2D eigenvalue weighted by Crippen LogP contribution is 2.20. The lowest BCUT2D eigenvalue weighted by Gasteiger charge is -2.20. The molecule has 0 saturated carbocycles. The molecule has 1 unspecified atom stereocenters. The van der Waals surface area contributed by atoms with Gasteiger partial charge in [0.1, 0.15) is 11.5 Å². The topological polar surface area (TPSA) is 87.1 Å². The quantitative estimate of drug-likeness (QED) is 0.693. The number of likely N-dealkylation sites (tertiary alicyclic amines) is 1. The highest BCUT2D eigenvalue weighted by molar-refractivity contribution is 5.92. The highest BCUT2D eigenvalue weighted by atomic mass is 16.2. The fraction of sp³-hybridized carbons (Fsp3) is 0.429. The number of H-pyrrole nitrogens is 1. The second kappa shape index (κ2) is 7.69. The molecule has 2 aromatic heterocycles. The number of benzene rings is 1. The molecule has 3 aromatic rings. The summed E-state index contributed by atoms with van der Waals surface area (Å²) in [6, 6.07) is 9.78. The van der Waals surface area contributed by atoms with E-state index >= 15 is 0 Å². The number of fused-ring (bicyclic) bond motifs is 1. The van der Waals surface area contributed by atoms with Crippen molar-refractivity contribution in [3.05, 3.63) is 47.5 Å². The molecule has 1 fully saturated rings. The molecule has 1 saturated heterocycles. The van der Waals surface area contributed by atoms with E-state index < -0.39 is 0 Å². The number of para-hydroxylation sites is 2. The van der Waals surface area contributed by atoms with Gasteiger partial charge < -0.3 is 14.4 Å². The second-order valence-corrected chi connectivity index (χ2v) is 7.70. The molecule has 1 atom stereocenters. The number of imidazole rings is 1. The van der Waals surface area contributed by atoms with Gasteiger partial charge in [0.2, 0.25) is 5.91 Å². The number of aromatic amines is 1. The van der Waals surface area contributed by atoms with Gasteiger partial charge in [-0.05, 0) is 32.0 Å². The third kappa shape index (κ3) is 3.74. The first kappa shape index (κ1) is 19.2. The van der Waals surface area contributed by atoms with Crippen LogP contribution in [0.3, 0.4) is 0 Å². The lowest BCUT2D eigenvalue weighted by atomic mass is 10.1. The van der Waals surface area contributed by atoms with Gasteiger partial charge in [0.05, 0.1) is 23.3 Å². The Morgan fingerprint density at radius 3 is 2.90 bits per heavy atom. The Hall–Kier alpha value is -3.16. The van der Waals surface area contributed by atoms with Gasteiger partial charge in [-0.3, -0.25) is 14.7 Å². The Morgan fingerprint density at radius 2 is 2.14 bits per heavy atom. The number of hydrogen-bond acceptors (Lipinski definition) is 4. The van der Waals surface area contributed by atoms with E-state index in [4.69, 9.17) is 0 Å². The van der Waals surface area contributed by atoms with E-state index in [0.29, 0.717) is 31.7 Å². The number of hydrogen-bond donors (Lipinski definition) is 1. The molecular formula is C21H26N6O2. The number of nitrogens with one attached hydrogen (secondary N) is 1. The van der Waals surface area contributed by atoms with Crippen LogP contribution in [0.25, 0.3) is 11.0 Å². The molecule has 1 aromatic carbocycles. The Kier molecular flexibility index (Phi) is 5.08. The number of amides is 2. The minimum absolute atomic E-state index is 0.137. The fourth-order valence-electron chi connectivity index (χ4n) is 4.07. The van der Waals surface area contributed by atoms with Crippen LogP contribution in [0.1, 0.15) is 35.4 Å². The van der Waals surface area contributed by atoms with Gasteiger partial charge in [-0.1, -0.05) is 12.1 Å². The van der Waals surface area contributed by atoms with E-state index in [1.54, 1.807) is 18.0 Å². The van der Waals surface area contributed by atoms with Crippen LogP contribution in [0.2, 0.25) is 0 Å². The summed E-state index contributed by atoms with van der Waals surface area (Å²) in [4.78, 5) is 32.8. The number of carbonyl (C=O) groups excluding carboxylic acids is 2. The Labute approximate surface area is 169 Å². The van der Waals surface area contributed by atoms with Crippen molar-refractivity contribution < 1.29 is 9.59 Å². The van der Waals surface area contributed by atoms with Gasteiger partial charge in [-0.2, -0.15) is 5.10 Å². The summed E-state index contributed by atoms with van der Waals surface area (Å²) in [7, 11) is 1.77. The van der Waals surface area contributed by atoms with Crippen LogP contribution in [0.5, 0.6) is 0 Å². The summed E-state index contributed by atoms with van der Waals surface area (Å²) in [5, 5.41) is 7.20. The zero-order chi connectivity index (χ0) is 20.5. The average molecular weight is 394 g/mol. The van der Waals surface area contributed by atoms with Crippen LogP contribution >= 0.6 is 0 Å². The molecule has 2 amide bonds. The molecule has 4 rings (SSSR count). The first-order valence-corrected chi connectivity index (χ1v) is 9.95. The zero-order valence-corrected chi connectivity index (χ0v) is 17.1. The Bertz CT molecular complexity index is 1050. The van der Waals surface area contributed by atoms with E-state index in [2.05, 4.69) is 19.7 Å². The number of rotatable bonds is 6. The molecular weight excluding hydrogens is 368 g/mol. The monoisotopic (exact) mass is 394 g/mol. The van der Waals surface area contributed by atoms with Crippen molar-refractivity contribution >= 4 is 22.8 Å². The van der Waals surface area contributed by atoms with Crippen molar-refractivity contribution in [1.29, 1.82) is 0 Å². The maximum absolute atomic E-state index is 12.8. The largest absolute Gasteiger partial charge is 0.343 e. The molecule has 29 heavy (non-hydrogen) atoms. The average Bonchev–Trinajstić information content (AvgIpc) is 3.39. The highest BCUT2D eigenvalue weighted by Gasteiger charge is 2.30. The minimum Gasteiger partial charge on any atom is -0.343 e. The smallest absolute Gasteiger partial charge is 0.274 e. The van der Waals surface area contributed by atoms with E-state index in [9.17, 15) is 9.59 Å². The molecule has 8 nitrogen and oxygen atoms in total. The molecule has 3 heterocycles. The number of carbonyl (C=O) groups is 2. The van der Waals surface area contributed by atoms with E-state index in [1.807, 2.05) is 43.0 Å². The van der Waals surface area contributed by atoms with Crippen LogP contribution in [-0.4, -0.2) is 68.0 Å². The SMILES string of the molecule is CCN1CC(CN(C)C(=O)c2cc(Cn3c(C)nc4ccccc43)[nH]n2)CC1=O. The molecule has 1 aliphatic rings. The predicted octanol–water partition coefficient (Wildman–Crippen LogP) is 2.06. The van der Waals surface area contributed by atoms with Crippen LogP contribution in [0.4, 0.5) is 0 Å². The third-order valence-electron chi connectivity index (χ3n) is 5.58. The molecule has 8 heteroatoms. The first-order chi connectivity index (χ1) is 14.0. The Balaban J connectivity index is 1.44. The minimum atomic E-state index is -0.137. The van der Waals surface area contributed by atoms with Crippen molar-refractivity contribution in [2.45, 2.75) is 26.8 Å². The molecule has 0 bridgehead atoms. The molecule has 1 N–H and O–H groups in total. The van der Waals surface area contributed by atoms with E-state index in [0.717, 1.165) is 29.1 Å². The summed E-state index contributed by atoms with van der Waals surface area (Å²) in [6.07, 6.45) is 0.504. The summed E-state index contributed by atoms with van der Waals surface area (Å²) < 4.78 is 2.10. The zero-order valence-electron chi connectivity index (χ0n) is 17.1. The summed E-state index contributed by atoms with van der Waals surface area (Å²) in [5.74, 6) is 1.12. The van der Waals surface area contributed by atoms with Crippen molar-refractivity contribution in [1.82, 2.24) is 29.5 Å². The standard InChI is InChI=1S/C21H26N6O2/c1-4-26-12-15(9-20(26)28)11-25(3)21(29)18-10-16(23-24-18)13-27-14(2)22-17-7-5-6-8-19(17)27/h5-8,10,15H,4,9,11-13H2,1-3H3,(H,23,24). The second-order valence-electron chi connectivity index (χ2n) is 7.70. The number of nitrogens with zero attached hydrogens (tertiary/aromatic N) is 5. The first-order valence-electron chi connectivity index (χ1n) is 9.95. The van der Waals surface area contributed by atoms with Crippen molar-refractivity contribution in [2.24, 2.45) is 5.92 Å². The number of aromatic nitrogens is 4. The third-order valence-corrected chi connectivity index (χ3v) is 5.58. The molecule has 1 aliphatic heterocycles. The van der Waals surface area contributed by atoms with Crippen LogP contribution in [-0.2, 0) is 11.3 Å². The van der Waals surface area contributed by atoms with Gasteiger partial charge >= 0.3 is 0 Å². The van der Waals surface area contributed by atoms with Gasteiger partial charge in [-0.25, -0.2) is 4.98 Å². The Morgan fingerprint density at radius 1 is 1.34 bits per heavy atom. The van der Waals surface area contributed by atoms with Gasteiger partial charge in [-0.15, -0.1) is 0 Å². The van der Waals surface area contributed by atoms with Crippen molar-refractivity contribution in [3.8, 4) is 0 Å². The van der Waals surface area contributed by atoms with Gasteiger partial charge in [0, 0.05) is 39.0 Å². The lowest BCUT2D eigenvalue weighted by Crippen LogP contribution is -2.33. The lowest BCUT2D eigenvalue weighted by molar-refractivity contribution is -0.127. The maximum Gasteiger partial charge on any atom is 0.274 e. The van der Waals surface area contributed by atoms with Crippen LogP contribution < -0.4 is 0 Å². The van der Waals surface area contributed by atoms with Gasteiger partial charge in [0.15, 0.2) is 0 Å². The summed E-state index contributed by atoms with van der Waals surface area (Å²) >= 11 is 0. The van der Waals surface area contributed by atoms with Crippen LogP contribution in [0, 0.1) is 12.8 Å².